The monoisotopic (exact) mass is 300 g/mol. The molecule has 2 nitrogen and oxygen atoms in total. The molecule has 0 spiro atoms. The van der Waals surface area contributed by atoms with Crippen molar-refractivity contribution in [3.8, 4) is 0 Å². The van der Waals surface area contributed by atoms with E-state index in [4.69, 9.17) is 17.3 Å². The lowest BCUT2D eigenvalue weighted by molar-refractivity contribution is 0.448. The molecule has 0 aliphatic carbocycles. The van der Waals surface area contributed by atoms with Crippen molar-refractivity contribution < 1.29 is 4.39 Å². The van der Waals surface area contributed by atoms with E-state index in [1.165, 1.54) is 37.8 Å². The lowest BCUT2D eigenvalue weighted by Crippen LogP contribution is -2.42. The summed E-state index contributed by atoms with van der Waals surface area (Å²) < 4.78 is 13.3. The van der Waals surface area contributed by atoms with Crippen molar-refractivity contribution in [3.05, 3.63) is 29.0 Å². The van der Waals surface area contributed by atoms with E-state index in [1.807, 2.05) is 0 Å². The van der Waals surface area contributed by atoms with Gasteiger partial charge in [-0.05, 0) is 31.5 Å². The topological polar surface area (TPSA) is 38.0 Å². The Hall–Kier alpha value is -0.800. The van der Waals surface area contributed by atoms with Gasteiger partial charge in [0.15, 0.2) is 0 Å². The van der Waals surface area contributed by atoms with Crippen molar-refractivity contribution >= 4 is 17.3 Å². The summed E-state index contributed by atoms with van der Waals surface area (Å²) in [5.41, 5.74) is 6.35. The molecule has 0 fully saturated rings. The van der Waals surface area contributed by atoms with Gasteiger partial charge >= 0.3 is 0 Å². The largest absolute Gasteiger partial charge is 0.378 e. The number of hydrogen-bond acceptors (Lipinski definition) is 2. The molecular weight excluding hydrogens is 275 g/mol. The lowest BCUT2D eigenvalue weighted by Gasteiger charge is -2.31. The fraction of sp³-hybridized carbons (Fsp3) is 0.625. The predicted molar refractivity (Wildman–Crippen MR) is 85.9 cm³/mol. The molecule has 114 valence electrons. The molecule has 0 aromatic heterocycles. The van der Waals surface area contributed by atoms with Crippen molar-refractivity contribution in [2.75, 3.05) is 11.9 Å². The lowest BCUT2D eigenvalue weighted by atomic mass is 9.93. The average molecular weight is 301 g/mol. The third kappa shape index (κ3) is 6.10. The van der Waals surface area contributed by atoms with E-state index in [2.05, 4.69) is 19.2 Å². The van der Waals surface area contributed by atoms with Crippen LogP contribution in [0.1, 0.15) is 52.4 Å². The number of hydrogen-bond donors (Lipinski definition) is 2. The maximum Gasteiger partial charge on any atom is 0.126 e. The second-order valence-electron chi connectivity index (χ2n) is 5.71. The van der Waals surface area contributed by atoms with Crippen LogP contribution in [-0.4, -0.2) is 12.1 Å². The molecule has 1 aromatic rings. The van der Waals surface area contributed by atoms with Gasteiger partial charge in [-0.15, -0.1) is 0 Å². The Kier molecular flexibility index (Phi) is 7.31. The number of rotatable bonds is 9. The molecule has 0 radical (unpaired) electrons. The Morgan fingerprint density at radius 1 is 1.20 bits per heavy atom. The molecule has 0 aliphatic heterocycles. The maximum absolute atomic E-state index is 13.3. The van der Waals surface area contributed by atoms with Crippen molar-refractivity contribution in [1.82, 2.24) is 0 Å². The van der Waals surface area contributed by atoms with E-state index in [9.17, 15) is 4.39 Å². The second kappa shape index (κ2) is 8.48. The highest BCUT2D eigenvalue weighted by Gasteiger charge is 2.21. The minimum Gasteiger partial charge on any atom is -0.378 e. The van der Waals surface area contributed by atoms with Crippen LogP contribution in [0.5, 0.6) is 0 Å². The van der Waals surface area contributed by atoms with Crippen LogP contribution < -0.4 is 11.1 Å². The quantitative estimate of drug-likeness (QED) is 0.632. The minimum atomic E-state index is -0.331. The molecule has 1 rings (SSSR count). The highest BCUT2D eigenvalue weighted by molar-refractivity contribution is 6.30. The summed E-state index contributed by atoms with van der Waals surface area (Å²) in [4.78, 5) is 0. The van der Waals surface area contributed by atoms with Gasteiger partial charge in [0.1, 0.15) is 5.82 Å². The zero-order chi connectivity index (χ0) is 15.0. The van der Waals surface area contributed by atoms with Gasteiger partial charge in [0, 0.05) is 22.8 Å². The first-order valence-electron chi connectivity index (χ1n) is 7.43. The van der Waals surface area contributed by atoms with Crippen molar-refractivity contribution in [3.63, 3.8) is 0 Å². The molecule has 20 heavy (non-hydrogen) atoms. The Morgan fingerprint density at radius 3 is 2.50 bits per heavy atom. The van der Waals surface area contributed by atoms with Gasteiger partial charge in [-0.3, -0.25) is 0 Å². The third-order valence-electron chi connectivity index (χ3n) is 3.59. The van der Waals surface area contributed by atoms with Crippen LogP contribution in [0.15, 0.2) is 18.2 Å². The molecule has 3 N–H and O–H groups in total. The van der Waals surface area contributed by atoms with Gasteiger partial charge in [-0.1, -0.05) is 50.6 Å². The molecule has 0 aliphatic rings. The summed E-state index contributed by atoms with van der Waals surface area (Å²) in [7, 11) is 0. The minimum absolute atomic E-state index is 0.219. The molecule has 1 aromatic carbocycles. The molecular formula is C16H26ClFN2. The van der Waals surface area contributed by atoms with Gasteiger partial charge in [-0.25, -0.2) is 4.39 Å². The molecule has 0 amide bonds. The number of benzene rings is 1. The molecule has 0 bridgehead atoms. The average Bonchev–Trinajstić information content (AvgIpc) is 2.37. The van der Waals surface area contributed by atoms with Gasteiger partial charge in [-0.2, -0.15) is 0 Å². The van der Waals surface area contributed by atoms with Crippen LogP contribution in [0.3, 0.4) is 0 Å². The van der Waals surface area contributed by atoms with E-state index < -0.39 is 0 Å². The van der Waals surface area contributed by atoms with Crippen LogP contribution in [0.4, 0.5) is 10.1 Å². The Labute approximate surface area is 126 Å². The Balaban J connectivity index is 2.55. The first-order chi connectivity index (χ1) is 9.49. The van der Waals surface area contributed by atoms with Crippen LogP contribution in [0.25, 0.3) is 0 Å². The van der Waals surface area contributed by atoms with E-state index in [-0.39, 0.29) is 11.4 Å². The first-order valence-corrected chi connectivity index (χ1v) is 7.81. The van der Waals surface area contributed by atoms with Crippen LogP contribution >= 0.6 is 11.6 Å². The fourth-order valence-electron chi connectivity index (χ4n) is 2.31. The zero-order valence-electron chi connectivity index (χ0n) is 12.5. The van der Waals surface area contributed by atoms with Gasteiger partial charge < -0.3 is 11.1 Å². The van der Waals surface area contributed by atoms with Crippen LogP contribution in [-0.2, 0) is 0 Å². The summed E-state index contributed by atoms with van der Waals surface area (Å²) in [5, 5.41) is 3.73. The number of nitrogens with two attached hydrogens (primary N) is 1. The number of anilines is 1. The Morgan fingerprint density at radius 2 is 1.90 bits per heavy atom. The van der Waals surface area contributed by atoms with Crippen molar-refractivity contribution in [2.45, 2.75) is 57.9 Å². The Bertz CT molecular complexity index is 391. The van der Waals surface area contributed by atoms with Gasteiger partial charge in [0.25, 0.3) is 0 Å². The summed E-state index contributed by atoms with van der Waals surface area (Å²) >= 11 is 5.87. The first kappa shape index (κ1) is 17.3. The highest BCUT2D eigenvalue weighted by Crippen LogP contribution is 2.24. The molecule has 0 saturated heterocycles. The second-order valence-corrected chi connectivity index (χ2v) is 6.15. The molecule has 1 unspecified atom stereocenters. The van der Waals surface area contributed by atoms with Crippen molar-refractivity contribution in [2.24, 2.45) is 5.73 Å². The third-order valence-corrected chi connectivity index (χ3v) is 3.81. The van der Waals surface area contributed by atoms with Crippen molar-refractivity contribution in [1.29, 1.82) is 0 Å². The predicted octanol–water partition coefficient (Wildman–Crippen LogP) is 4.97. The maximum atomic E-state index is 13.3. The summed E-state index contributed by atoms with van der Waals surface area (Å²) in [6.07, 6.45) is 7.11. The normalized spacial score (nSPS) is 14.1. The molecule has 1 atom stereocenters. The smallest absolute Gasteiger partial charge is 0.126 e. The van der Waals surface area contributed by atoms with E-state index in [0.717, 1.165) is 12.8 Å². The summed E-state index contributed by atoms with van der Waals surface area (Å²) in [6.45, 7) is 4.79. The standard InChI is InChI=1S/C16H26ClFN2/c1-3-4-5-6-7-8-16(2,12-19)20-15-10-13(17)9-14(18)11-15/h9-11,20H,3-8,12,19H2,1-2H3. The van der Waals surface area contributed by atoms with E-state index in [1.54, 1.807) is 6.07 Å². The molecule has 0 heterocycles. The zero-order valence-corrected chi connectivity index (χ0v) is 13.3. The number of nitrogens with one attached hydrogen (secondary N) is 1. The van der Waals surface area contributed by atoms with Crippen LogP contribution in [0, 0.1) is 5.82 Å². The molecule has 4 heteroatoms. The molecule has 0 saturated carbocycles. The van der Waals surface area contributed by atoms with E-state index >= 15 is 0 Å². The highest BCUT2D eigenvalue weighted by atomic mass is 35.5. The van der Waals surface area contributed by atoms with Crippen LogP contribution in [0.2, 0.25) is 5.02 Å². The van der Waals surface area contributed by atoms with Gasteiger partial charge in [0.05, 0.1) is 0 Å². The summed E-state index contributed by atoms with van der Waals surface area (Å²) in [5.74, 6) is -0.331. The number of halogens is 2. The number of unbranched alkanes of at least 4 members (excludes halogenated alkanes) is 4. The fourth-order valence-corrected chi connectivity index (χ4v) is 2.53. The van der Waals surface area contributed by atoms with Gasteiger partial charge in [0.2, 0.25) is 0 Å². The summed E-state index contributed by atoms with van der Waals surface area (Å²) in [6, 6.07) is 4.49. The van der Waals surface area contributed by atoms with E-state index in [0.29, 0.717) is 17.3 Å². The SMILES string of the molecule is CCCCCCCC(C)(CN)Nc1cc(F)cc(Cl)c1.